The van der Waals surface area contributed by atoms with Crippen LogP contribution < -0.4 is 4.90 Å². The summed E-state index contributed by atoms with van der Waals surface area (Å²) in [6.07, 6.45) is 0. The van der Waals surface area contributed by atoms with Crippen molar-refractivity contribution in [2.45, 2.75) is 13.8 Å². The summed E-state index contributed by atoms with van der Waals surface area (Å²) in [4.78, 5) is 22.2. The van der Waals surface area contributed by atoms with E-state index in [2.05, 4.69) is 41.3 Å². The van der Waals surface area contributed by atoms with Gasteiger partial charge in [0.1, 0.15) is 0 Å². The summed E-state index contributed by atoms with van der Waals surface area (Å²) in [6, 6.07) is 13.3. The van der Waals surface area contributed by atoms with Gasteiger partial charge in [0.05, 0.1) is 15.8 Å². The number of nitrogens with zero attached hydrogens (tertiary/aromatic N) is 3. The summed E-state index contributed by atoms with van der Waals surface area (Å²) < 4.78 is 1.93. The van der Waals surface area contributed by atoms with Gasteiger partial charge < -0.3 is 4.90 Å². The third-order valence-corrected chi connectivity index (χ3v) is 6.67. The second kappa shape index (κ2) is 10.7. The van der Waals surface area contributed by atoms with Crippen molar-refractivity contribution in [1.82, 2.24) is 9.88 Å². The number of carbonyl (C=O) groups is 1. The molecule has 1 amide bonds. The third kappa shape index (κ3) is 5.36. The molecule has 0 aliphatic rings. The van der Waals surface area contributed by atoms with Gasteiger partial charge >= 0.3 is 0 Å². The van der Waals surface area contributed by atoms with Crippen LogP contribution in [0.4, 0.5) is 5.13 Å². The number of thiazole rings is 1. The molecule has 2 aromatic carbocycles. The van der Waals surface area contributed by atoms with E-state index in [0.29, 0.717) is 22.3 Å². The lowest BCUT2D eigenvalue weighted by Crippen LogP contribution is -2.39. The van der Waals surface area contributed by atoms with Crippen molar-refractivity contribution >= 4 is 79.2 Å². The van der Waals surface area contributed by atoms with Crippen molar-refractivity contribution in [1.29, 1.82) is 0 Å². The van der Waals surface area contributed by atoms with Gasteiger partial charge in [-0.3, -0.25) is 9.69 Å². The van der Waals surface area contributed by atoms with Crippen molar-refractivity contribution in [3.05, 3.63) is 56.6 Å². The highest BCUT2D eigenvalue weighted by atomic mass is 127. The van der Waals surface area contributed by atoms with Gasteiger partial charge in [0.2, 0.25) is 0 Å². The fraction of sp³-hybridized carbons (Fsp3) is 0.300. The van der Waals surface area contributed by atoms with Crippen LogP contribution in [0, 0.1) is 3.57 Å². The number of hydrogen-bond donors (Lipinski definition) is 0. The van der Waals surface area contributed by atoms with Crippen LogP contribution in [-0.4, -0.2) is 42.0 Å². The highest BCUT2D eigenvalue weighted by Gasteiger charge is 2.23. The van der Waals surface area contributed by atoms with Gasteiger partial charge in [-0.2, -0.15) is 0 Å². The van der Waals surface area contributed by atoms with E-state index in [0.717, 1.165) is 33.4 Å². The van der Waals surface area contributed by atoms with Crippen LogP contribution in [0.1, 0.15) is 24.2 Å². The smallest absolute Gasteiger partial charge is 0.261 e. The molecule has 1 heterocycles. The number of rotatable bonds is 7. The van der Waals surface area contributed by atoms with E-state index >= 15 is 0 Å². The maximum absolute atomic E-state index is 13.3. The number of anilines is 1. The molecule has 0 N–H and O–H groups in total. The highest BCUT2D eigenvalue weighted by molar-refractivity contribution is 14.1. The van der Waals surface area contributed by atoms with Crippen LogP contribution >= 0.6 is 57.9 Å². The lowest BCUT2D eigenvalue weighted by molar-refractivity contribution is 0.0983. The molecular weight excluding hydrogens is 528 g/mol. The van der Waals surface area contributed by atoms with Crippen molar-refractivity contribution < 1.29 is 4.79 Å². The first kappa shape index (κ1) is 23.3. The first-order valence-electron chi connectivity index (χ1n) is 8.88. The van der Waals surface area contributed by atoms with Gasteiger partial charge in [-0.15, -0.1) is 12.4 Å². The fourth-order valence-corrected chi connectivity index (χ4v) is 4.73. The molecule has 1 aromatic heterocycles. The van der Waals surface area contributed by atoms with Crippen LogP contribution in [0.5, 0.6) is 0 Å². The zero-order chi connectivity index (χ0) is 19.4. The molecular formula is C20H22Cl2IN3OS. The molecule has 0 spiro atoms. The van der Waals surface area contributed by atoms with E-state index in [1.54, 1.807) is 4.90 Å². The average molecular weight is 550 g/mol. The van der Waals surface area contributed by atoms with Crippen LogP contribution in [-0.2, 0) is 0 Å². The Labute approximate surface area is 194 Å². The number of amides is 1. The molecule has 150 valence electrons. The van der Waals surface area contributed by atoms with Crippen LogP contribution in [0.2, 0.25) is 5.02 Å². The van der Waals surface area contributed by atoms with Gasteiger partial charge in [0.15, 0.2) is 5.13 Å². The minimum atomic E-state index is -0.0164. The second-order valence-corrected chi connectivity index (χ2v) is 8.68. The van der Waals surface area contributed by atoms with Crippen molar-refractivity contribution in [3.8, 4) is 0 Å². The number of carbonyl (C=O) groups excluding carboxylic acids is 1. The fourth-order valence-electron chi connectivity index (χ4n) is 2.85. The largest absolute Gasteiger partial charge is 0.302 e. The highest BCUT2D eigenvalue weighted by Crippen LogP contribution is 2.32. The summed E-state index contributed by atoms with van der Waals surface area (Å²) in [7, 11) is 0. The lowest BCUT2D eigenvalue weighted by Gasteiger charge is -2.25. The average Bonchev–Trinajstić information content (AvgIpc) is 3.08. The number of hydrogen-bond acceptors (Lipinski definition) is 4. The number of aromatic nitrogens is 1. The van der Waals surface area contributed by atoms with Gasteiger partial charge in [-0.25, -0.2) is 4.98 Å². The molecule has 8 heteroatoms. The summed E-state index contributed by atoms with van der Waals surface area (Å²) >= 11 is 9.83. The Balaban J connectivity index is 0.00000280. The Morgan fingerprint density at radius 1 is 1.14 bits per heavy atom. The summed E-state index contributed by atoms with van der Waals surface area (Å²) in [5.74, 6) is -0.0164. The zero-order valence-corrected chi connectivity index (χ0v) is 20.2. The van der Waals surface area contributed by atoms with Crippen molar-refractivity contribution in [3.63, 3.8) is 0 Å². The molecule has 28 heavy (non-hydrogen) atoms. The van der Waals surface area contributed by atoms with Crippen molar-refractivity contribution in [2.24, 2.45) is 0 Å². The van der Waals surface area contributed by atoms with Crippen molar-refractivity contribution in [2.75, 3.05) is 31.1 Å². The molecule has 0 fully saturated rings. The molecule has 0 atom stereocenters. The Morgan fingerprint density at radius 3 is 2.54 bits per heavy atom. The minimum Gasteiger partial charge on any atom is -0.302 e. The molecule has 0 bridgehead atoms. The van der Waals surface area contributed by atoms with Gasteiger partial charge in [0.25, 0.3) is 5.91 Å². The topological polar surface area (TPSA) is 36.4 Å². The van der Waals surface area contributed by atoms with E-state index in [1.165, 1.54) is 11.3 Å². The Hall–Kier alpha value is -0.930. The summed E-state index contributed by atoms with van der Waals surface area (Å²) in [6.45, 7) is 7.58. The minimum absolute atomic E-state index is 0. The summed E-state index contributed by atoms with van der Waals surface area (Å²) in [5.41, 5.74) is 1.57. The predicted molar refractivity (Wildman–Crippen MR) is 131 cm³/mol. The Kier molecular flexibility index (Phi) is 8.95. The SMILES string of the molecule is CCN(CC)CCN(C(=O)c1ccccc1I)c1nc2ccc(Cl)cc2s1.Cl. The van der Waals surface area contributed by atoms with Crippen LogP contribution in [0.3, 0.4) is 0 Å². The molecule has 4 nitrogen and oxygen atoms in total. The maximum Gasteiger partial charge on any atom is 0.261 e. The number of likely N-dealkylation sites (N-methyl/N-ethyl adjacent to an activating group) is 1. The van der Waals surface area contributed by atoms with E-state index < -0.39 is 0 Å². The molecule has 3 aromatic rings. The monoisotopic (exact) mass is 549 g/mol. The van der Waals surface area contributed by atoms with E-state index in [9.17, 15) is 4.79 Å². The number of benzene rings is 2. The van der Waals surface area contributed by atoms with E-state index in [1.807, 2.05) is 42.5 Å². The van der Waals surface area contributed by atoms with Gasteiger partial charge in [0, 0.05) is 21.7 Å². The normalized spacial score (nSPS) is 10.9. The number of fused-ring (bicyclic) bond motifs is 1. The number of halogens is 3. The molecule has 0 aliphatic carbocycles. The van der Waals surface area contributed by atoms with Crippen LogP contribution in [0.25, 0.3) is 10.2 Å². The van der Waals surface area contributed by atoms with Gasteiger partial charge in [-0.1, -0.05) is 48.9 Å². The zero-order valence-electron chi connectivity index (χ0n) is 15.7. The quantitative estimate of drug-likeness (QED) is 0.341. The van der Waals surface area contributed by atoms with Crippen LogP contribution in [0.15, 0.2) is 42.5 Å². The molecule has 0 saturated heterocycles. The summed E-state index contributed by atoms with van der Waals surface area (Å²) in [5, 5.41) is 1.39. The molecule has 0 radical (unpaired) electrons. The molecule has 0 saturated carbocycles. The lowest BCUT2D eigenvalue weighted by atomic mass is 10.2. The molecule has 0 unspecified atom stereocenters. The third-order valence-electron chi connectivity index (χ3n) is 4.45. The van der Waals surface area contributed by atoms with Gasteiger partial charge in [-0.05, 0) is 66.0 Å². The molecule has 3 rings (SSSR count). The Morgan fingerprint density at radius 2 is 1.86 bits per heavy atom. The second-order valence-electron chi connectivity index (χ2n) is 6.07. The first-order valence-corrected chi connectivity index (χ1v) is 11.2. The first-order chi connectivity index (χ1) is 13.0. The van der Waals surface area contributed by atoms with E-state index in [4.69, 9.17) is 16.6 Å². The molecule has 0 aliphatic heterocycles. The maximum atomic E-state index is 13.3. The standard InChI is InChI=1S/C20H21ClIN3OS.ClH/c1-3-24(4-2)11-12-25(19(26)15-7-5-6-8-16(15)22)20-23-17-10-9-14(21)13-18(17)27-20;/h5-10,13H,3-4,11-12H2,1-2H3;1H. The Bertz CT molecular complexity index is 946. The van der Waals surface area contributed by atoms with E-state index in [-0.39, 0.29) is 18.3 Å². The predicted octanol–water partition coefficient (Wildman–Crippen LogP) is 5.96.